The topological polar surface area (TPSA) is 76.9 Å². The number of carbonyl (C=O) groups is 1. The zero-order chi connectivity index (χ0) is 17.9. The van der Waals surface area contributed by atoms with Gasteiger partial charge >= 0.3 is 0 Å². The Hall–Kier alpha value is -2.54. The number of fused-ring (bicyclic) bond motifs is 3. The number of nitrogens with one attached hydrogen (secondary N) is 1. The van der Waals surface area contributed by atoms with Crippen molar-refractivity contribution in [2.45, 2.75) is 45.2 Å². The van der Waals surface area contributed by atoms with Crippen molar-refractivity contribution in [3.63, 3.8) is 0 Å². The minimum absolute atomic E-state index is 0.0214. The summed E-state index contributed by atoms with van der Waals surface area (Å²) in [5.41, 5.74) is 1.97. The molecule has 3 aromatic rings. The van der Waals surface area contributed by atoms with Gasteiger partial charge in [0, 0.05) is 24.0 Å². The normalized spacial score (nSPS) is 13.5. The van der Waals surface area contributed by atoms with E-state index in [-0.39, 0.29) is 17.9 Å². The van der Waals surface area contributed by atoms with Crippen LogP contribution in [0.15, 0.2) is 35.5 Å². The molecular formula is C19H20N4O2S. The summed E-state index contributed by atoms with van der Waals surface area (Å²) >= 11 is 1.64. The van der Waals surface area contributed by atoms with Crippen LogP contribution in [0.2, 0.25) is 0 Å². The molecule has 1 aliphatic carbocycles. The van der Waals surface area contributed by atoms with Crippen molar-refractivity contribution >= 4 is 27.5 Å². The molecule has 0 atom stereocenters. The van der Waals surface area contributed by atoms with Crippen molar-refractivity contribution in [2.75, 3.05) is 0 Å². The van der Waals surface area contributed by atoms with Gasteiger partial charge in [-0.1, -0.05) is 6.07 Å². The van der Waals surface area contributed by atoms with Gasteiger partial charge in [-0.3, -0.25) is 19.1 Å². The third-order valence-electron chi connectivity index (χ3n) is 4.71. The van der Waals surface area contributed by atoms with Gasteiger partial charge in [0.15, 0.2) is 0 Å². The summed E-state index contributed by atoms with van der Waals surface area (Å²) in [7, 11) is 0. The number of rotatable bonds is 5. The Kier molecular flexibility index (Phi) is 4.79. The van der Waals surface area contributed by atoms with Crippen LogP contribution in [-0.2, 0) is 30.7 Å². The molecule has 0 bridgehead atoms. The first-order chi connectivity index (χ1) is 12.7. The second-order valence-electron chi connectivity index (χ2n) is 6.48. The Morgan fingerprint density at radius 1 is 1.23 bits per heavy atom. The van der Waals surface area contributed by atoms with Gasteiger partial charge in [0.2, 0.25) is 5.91 Å². The number of aromatic nitrogens is 3. The van der Waals surface area contributed by atoms with E-state index in [4.69, 9.17) is 0 Å². The molecule has 4 rings (SSSR count). The van der Waals surface area contributed by atoms with Crippen LogP contribution in [0.25, 0.3) is 10.2 Å². The molecule has 0 unspecified atom stereocenters. The maximum absolute atomic E-state index is 12.8. The van der Waals surface area contributed by atoms with Crippen LogP contribution >= 0.6 is 11.3 Å². The lowest BCUT2D eigenvalue weighted by Gasteiger charge is -2.10. The fourth-order valence-corrected chi connectivity index (χ4v) is 4.56. The van der Waals surface area contributed by atoms with Gasteiger partial charge in [0.25, 0.3) is 5.56 Å². The number of hydrogen-bond donors (Lipinski definition) is 1. The number of amides is 1. The van der Waals surface area contributed by atoms with Crippen LogP contribution in [-0.4, -0.2) is 20.4 Å². The molecule has 0 radical (unpaired) electrons. The van der Waals surface area contributed by atoms with Crippen molar-refractivity contribution < 1.29 is 4.79 Å². The predicted octanol–water partition coefficient (Wildman–Crippen LogP) is 2.44. The van der Waals surface area contributed by atoms with E-state index in [1.54, 1.807) is 28.4 Å². The summed E-state index contributed by atoms with van der Waals surface area (Å²) < 4.78 is 1.56. The predicted molar refractivity (Wildman–Crippen MR) is 101 cm³/mol. The highest BCUT2D eigenvalue weighted by molar-refractivity contribution is 7.18. The average Bonchev–Trinajstić information content (AvgIpc) is 3.06. The second-order valence-corrected chi connectivity index (χ2v) is 7.57. The summed E-state index contributed by atoms with van der Waals surface area (Å²) in [6.45, 7) is 0.727. The van der Waals surface area contributed by atoms with Gasteiger partial charge in [-0.2, -0.15) is 0 Å². The Morgan fingerprint density at radius 3 is 2.96 bits per heavy atom. The summed E-state index contributed by atoms with van der Waals surface area (Å²) in [5.74, 6) is -0.102. The van der Waals surface area contributed by atoms with Crippen molar-refractivity contribution in [2.24, 2.45) is 0 Å². The van der Waals surface area contributed by atoms with E-state index in [1.165, 1.54) is 16.9 Å². The van der Waals surface area contributed by atoms with Crippen LogP contribution in [0.4, 0.5) is 0 Å². The standard InChI is InChI=1S/C19H20N4O2S/c24-16(21-11-13-5-3-4-9-20-13)8-10-23-12-22-18-17(19(23)25)14-6-1-2-7-15(14)26-18/h3-5,9,12H,1-2,6-8,10-11H2,(H,21,24). The van der Waals surface area contributed by atoms with Gasteiger partial charge in [0.1, 0.15) is 4.83 Å². The molecule has 6 nitrogen and oxygen atoms in total. The third kappa shape index (κ3) is 3.39. The molecule has 7 heteroatoms. The fourth-order valence-electron chi connectivity index (χ4n) is 3.34. The van der Waals surface area contributed by atoms with E-state index in [0.717, 1.165) is 35.2 Å². The number of carbonyl (C=O) groups excluding carboxylic acids is 1. The van der Waals surface area contributed by atoms with Crippen LogP contribution in [0, 0.1) is 0 Å². The highest BCUT2D eigenvalue weighted by Gasteiger charge is 2.20. The molecule has 1 aliphatic rings. The van der Waals surface area contributed by atoms with Crippen LogP contribution < -0.4 is 10.9 Å². The van der Waals surface area contributed by atoms with Crippen molar-refractivity contribution in [1.29, 1.82) is 0 Å². The average molecular weight is 368 g/mol. The number of pyridine rings is 1. The fraction of sp³-hybridized carbons (Fsp3) is 0.368. The zero-order valence-electron chi connectivity index (χ0n) is 14.4. The van der Waals surface area contributed by atoms with Gasteiger partial charge in [-0.25, -0.2) is 4.98 Å². The van der Waals surface area contributed by atoms with E-state index < -0.39 is 0 Å². The molecule has 1 amide bonds. The third-order valence-corrected chi connectivity index (χ3v) is 5.91. The molecule has 26 heavy (non-hydrogen) atoms. The van der Waals surface area contributed by atoms with Crippen LogP contribution in [0.1, 0.15) is 35.4 Å². The lowest BCUT2D eigenvalue weighted by molar-refractivity contribution is -0.121. The molecular weight excluding hydrogens is 348 g/mol. The SMILES string of the molecule is O=C(CCn1cnc2sc3c(c2c1=O)CCCC3)NCc1ccccn1. The minimum atomic E-state index is -0.102. The molecule has 0 aliphatic heterocycles. The van der Waals surface area contributed by atoms with E-state index >= 15 is 0 Å². The molecule has 1 N–H and O–H groups in total. The minimum Gasteiger partial charge on any atom is -0.350 e. The summed E-state index contributed by atoms with van der Waals surface area (Å²) in [6.07, 6.45) is 7.83. The van der Waals surface area contributed by atoms with Gasteiger partial charge in [0.05, 0.1) is 24.0 Å². The van der Waals surface area contributed by atoms with E-state index in [1.807, 2.05) is 18.2 Å². The first kappa shape index (κ1) is 16.9. The maximum Gasteiger partial charge on any atom is 0.262 e. The van der Waals surface area contributed by atoms with Gasteiger partial charge < -0.3 is 5.32 Å². The van der Waals surface area contributed by atoms with E-state index in [2.05, 4.69) is 15.3 Å². The largest absolute Gasteiger partial charge is 0.350 e. The summed E-state index contributed by atoms with van der Waals surface area (Å²) in [6, 6.07) is 5.59. The lowest BCUT2D eigenvalue weighted by Crippen LogP contribution is -2.27. The van der Waals surface area contributed by atoms with E-state index in [0.29, 0.717) is 13.1 Å². The Balaban J connectivity index is 1.45. The quantitative estimate of drug-likeness (QED) is 0.750. The van der Waals surface area contributed by atoms with Gasteiger partial charge in [-0.05, 0) is 43.4 Å². The molecule has 3 aromatic heterocycles. The molecule has 0 spiro atoms. The van der Waals surface area contributed by atoms with Crippen molar-refractivity contribution in [1.82, 2.24) is 19.9 Å². The number of thiophene rings is 1. The first-order valence-electron chi connectivity index (χ1n) is 8.88. The molecule has 134 valence electrons. The highest BCUT2D eigenvalue weighted by atomic mass is 32.1. The molecule has 0 saturated heterocycles. The second kappa shape index (κ2) is 7.37. The molecule has 0 aromatic carbocycles. The zero-order valence-corrected chi connectivity index (χ0v) is 15.2. The Morgan fingerprint density at radius 2 is 2.12 bits per heavy atom. The number of nitrogens with zero attached hydrogens (tertiary/aromatic N) is 3. The Labute approximate surface area is 154 Å². The molecule has 0 fully saturated rings. The monoisotopic (exact) mass is 368 g/mol. The van der Waals surface area contributed by atoms with Crippen molar-refractivity contribution in [3.8, 4) is 0 Å². The maximum atomic E-state index is 12.8. The Bertz CT molecular complexity index is 994. The summed E-state index contributed by atoms with van der Waals surface area (Å²) in [5, 5.41) is 3.60. The van der Waals surface area contributed by atoms with Crippen LogP contribution in [0.3, 0.4) is 0 Å². The summed E-state index contributed by atoms with van der Waals surface area (Å²) in [4.78, 5) is 35.7. The number of aryl methyl sites for hydroxylation is 3. The van der Waals surface area contributed by atoms with Crippen molar-refractivity contribution in [3.05, 3.63) is 57.2 Å². The molecule has 0 saturated carbocycles. The van der Waals surface area contributed by atoms with E-state index in [9.17, 15) is 9.59 Å². The lowest BCUT2D eigenvalue weighted by atomic mass is 9.97. The highest BCUT2D eigenvalue weighted by Crippen LogP contribution is 2.33. The number of hydrogen-bond acceptors (Lipinski definition) is 5. The van der Waals surface area contributed by atoms with Crippen LogP contribution in [0.5, 0.6) is 0 Å². The smallest absolute Gasteiger partial charge is 0.262 e. The first-order valence-corrected chi connectivity index (χ1v) is 9.70. The van der Waals surface area contributed by atoms with Gasteiger partial charge in [-0.15, -0.1) is 11.3 Å². The molecule has 3 heterocycles.